The van der Waals surface area contributed by atoms with Gasteiger partial charge in [0.15, 0.2) is 5.13 Å². The van der Waals surface area contributed by atoms with Crippen LogP contribution in [0.4, 0.5) is 5.13 Å². The molecule has 94 valence electrons. The third-order valence-corrected chi connectivity index (χ3v) is 4.69. The predicted molar refractivity (Wildman–Crippen MR) is 67.4 cm³/mol. The molecule has 0 radical (unpaired) electrons. The maximum absolute atomic E-state index is 9.11. The largest absolute Gasteiger partial charge is 0.391 e. The predicted octanol–water partition coefficient (Wildman–Crippen LogP) is 1.78. The van der Waals surface area contributed by atoms with Crippen molar-refractivity contribution in [1.29, 1.82) is 0 Å². The lowest BCUT2D eigenvalue weighted by molar-refractivity contribution is -0.00868. The summed E-state index contributed by atoms with van der Waals surface area (Å²) in [4.78, 5) is 7.76. The number of anilines is 1. The van der Waals surface area contributed by atoms with Gasteiger partial charge in [-0.15, -0.1) is 0 Å². The van der Waals surface area contributed by atoms with Gasteiger partial charge in [0.05, 0.1) is 30.2 Å². The number of ether oxygens (including phenoxy) is 1. The van der Waals surface area contributed by atoms with E-state index in [0.717, 1.165) is 23.2 Å². The van der Waals surface area contributed by atoms with Crippen molar-refractivity contribution in [1.82, 2.24) is 4.98 Å². The fourth-order valence-corrected chi connectivity index (χ4v) is 3.69. The number of rotatable bonds is 2. The third-order valence-electron chi connectivity index (χ3n) is 3.68. The minimum Gasteiger partial charge on any atom is -0.391 e. The molecule has 0 bridgehead atoms. The number of nitrogens with zero attached hydrogens (tertiary/aromatic N) is 2. The molecule has 2 aliphatic rings. The molecule has 5 heteroatoms. The summed E-state index contributed by atoms with van der Waals surface area (Å²) in [5, 5.41) is 10.2. The first-order valence-electron chi connectivity index (χ1n) is 6.32. The molecule has 0 aromatic carbocycles. The summed E-state index contributed by atoms with van der Waals surface area (Å²) in [6.45, 7) is 1.82. The first-order valence-corrected chi connectivity index (χ1v) is 7.14. The first kappa shape index (κ1) is 11.4. The van der Waals surface area contributed by atoms with Crippen LogP contribution in [0.15, 0.2) is 6.20 Å². The van der Waals surface area contributed by atoms with E-state index in [1.807, 2.05) is 0 Å². The molecule has 2 heterocycles. The summed E-state index contributed by atoms with van der Waals surface area (Å²) >= 11 is 1.60. The summed E-state index contributed by atoms with van der Waals surface area (Å²) in [6, 6.07) is 0.496. The molecule has 0 spiro atoms. The topological polar surface area (TPSA) is 45.6 Å². The molecule has 17 heavy (non-hydrogen) atoms. The average Bonchev–Trinajstić information content (AvgIpc) is 2.87. The van der Waals surface area contributed by atoms with Gasteiger partial charge in [0.1, 0.15) is 0 Å². The van der Waals surface area contributed by atoms with E-state index >= 15 is 0 Å². The summed E-state index contributed by atoms with van der Waals surface area (Å²) < 4.78 is 5.85. The maximum atomic E-state index is 9.11. The first-order chi connectivity index (χ1) is 8.38. The van der Waals surface area contributed by atoms with E-state index in [1.54, 1.807) is 17.5 Å². The van der Waals surface area contributed by atoms with Gasteiger partial charge < -0.3 is 14.7 Å². The third kappa shape index (κ3) is 2.19. The van der Waals surface area contributed by atoms with Crippen molar-refractivity contribution >= 4 is 16.5 Å². The lowest BCUT2D eigenvalue weighted by Gasteiger charge is -2.43. The van der Waals surface area contributed by atoms with Crippen molar-refractivity contribution in [3.8, 4) is 0 Å². The van der Waals surface area contributed by atoms with E-state index in [2.05, 4.69) is 9.88 Å². The molecule has 1 saturated heterocycles. The molecular formula is C12H18N2O2S. The van der Waals surface area contributed by atoms with Gasteiger partial charge in [-0.1, -0.05) is 24.2 Å². The van der Waals surface area contributed by atoms with Crippen LogP contribution in [0.25, 0.3) is 0 Å². The van der Waals surface area contributed by atoms with Gasteiger partial charge in [-0.05, 0) is 12.8 Å². The van der Waals surface area contributed by atoms with Crippen LogP contribution in [-0.4, -0.2) is 35.4 Å². The van der Waals surface area contributed by atoms with Crippen molar-refractivity contribution < 1.29 is 9.84 Å². The highest BCUT2D eigenvalue weighted by molar-refractivity contribution is 7.15. The SMILES string of the molecule is OCc1cnc(N2CCOC3CCCCC32)s1. The normalized spacial score (nSPS) is 29.1. The van der Waals surface area contributed by atoms with Crippen LogP contribution in [0, 0.1) is 0 Å². The monoisotopic (exact) mass is 254 g/mol. The summed E-state index contributed by atoms with van der Waals surface area (Å²) in [7, 11) is 0. The van der Waals surface area contributed by atoms with Gasteiger partial charge in [-0.3, -0.25) is 0 Å². The Morgan fingerprint density at radius 2 is 2.35 bits per heavy atom. The lowest BCUT2D eigenvalue weighted by Crippen LogP contribution is -2.52. The molecule has 1 N–H and O–H groups in total. The van der Waals surface area contributed by atoms with Gasteiger partial charge in [0, 0.05) is 12.7 Å². The molecule has 1 aromatic rings. The molecule has 1 saturated carbocycles. The Hall–Kier alpha value is -0.650. The van der Waals surface area contributed by atoms with Crippen LogP contribution < -0.4 is 4.90 Å². The summed E-state index contributed by atoms with van der Waals surface area (Å²) in [5.41, 5.74) is 0. The number of morpholine rings is 1. The number of aliphatic hydroxyl groups is 1. The average molecular weight is 254 g/mol. The second-order valence-corrected chi connectivity index (χ2v) is 5.82. The zero-order valence-electron chi connectivity index (χ0n) is 9.84. The Labute approximate surface area is 105 Å². The highest BCUT2D eigenvalue weighted by Crippen LogP contribution is 2.33. The smallest absolute Gasteiger partial charge is 0.186 e. The van der Waals surface area contributed by atoms with Crippen LogP contribution in [0.5, 0.6) is 0 Å². The van der Waals surface area contributed by atoms with Gasteiger partial charge in [-0.2, -0.15) is 0 Å². The highest BCUT2D eigenvalue weighted by atomic mass is 32.1. The molecule has 2 atom stereocenters. The zero-order chi connectivity index (χ0) is 11.7. The van der Waals surface area contributed by atoms with Crippen LogP contribution in [0.3, 0.4) is 0 Å². The highest BCUT2D eigenvalue weighted by Gasteiger charge is 2.35. The van der Waals surface area contributed by atoms with Gasteiger partial charge in [0.2, 0.25) is 0 Å². The zero-order valence-corrected chi connectivity index (χ0v) is 10.7. The molecule has 1 aliphatic heterocycles. The number of hydrogen-bond donors (Lipinski definition) is 1. The van der Waals surface area contributed by atoms with E-state index in [0.29, 0.717) is 12.1 Å². The van der Waals surface area contributed by atoms with Crippen molar-refractivity contribution in [2.75, 3.05) is 18.1 Å². The molecule has 0 amide bonds. The quantitative estimate of drug-likeness (QED) is 0.874. The second-order valence-electron chi connectivity index (χ2n) is 4.72. The van der Waals surface area contributed by atoms with E-state index in [4.69, 9.17) is 9.84 Å². The Bertz CT molecular complexity index is 380. The van der Waals surface area contributed by atoms with E-state index in [9.17, 15) is 0 Å². The molecular weight excluding hydrogens is 236 g/mol. The molecule has 1 aromatic heterocycles. The van der Waals surface area contributed by atoms with Gasteiger partial charge in [0.25, 0.3) is 0 Å². The van der Waals surface area contributed by atoms with Crippen molar-refractivity contribution in [3.05, 3.63) is 11.1 Å². The Kier molecular flexibility index (Phi) is 3.31. The fourth-order valence-electron chi connectivity index (χ4n) is 2.84. The number of aliphatic hydroxyl groups excluding tert-OH is 1. The number of aromatic nitrogens is 1. The minimum absolute atomic E-state index is 0.0934. The molecule has 3 rings (SSSR count). The number of hydrogen-bond acceptors (Lipinski definition) is 5. The van der Waals surface area contributed by atoms with Crippen LogP contribution in [0.2, 0.25) is 0 Å². The number of thiazole rings is 1. The molecule has 2 fully saturated rings. The summed E-state index contributed by atoms with van der Waals surface area (Å²) in [6.07, 6.45) is 7.14. The molecule has 1 aliphatic carbocycles. The second kappa shape index (κ2) is 4.92. The maximum Gasteiger partial charge on any atom is 0.186 e. The van der Waals surface area contributed by atoms with Crippen molar-refractivity contribution in [2.45, 2.75) is 44.4 Å². The van der Waals surface area contributed by atoms with E-state index in [-0.39, 0.29) is 6.61 Å². The minimum atomic E-state index is 0.0934. The Morgan fingerprint density at radius 1 is 1.47 bits per heavy atom. The van der Waals surface area contributed by atoms with E-state index in [1.165, 1.54) is 25.7 Å². The standard InChI is InChI=1S/C12H18N2O2S/c15-8-9-7-13-12(17-9)14-5-6-16-11-4-2-1-3-10(11)14/h7,10-11,15H,1-6,8H2. The number of fused-ring (bicyclic) bond motifs is 1. The van der Waals surface area contributed by atoms with Crippen LogP contribution in [0.1, 0.15) is 30.6 Å². The lowest BCUT2D eigenvalue weighted by atomic mass is 9.90. The van der Waals surface area contributed by atoms with Crippen LogP contribution in [-0.2, 0) is 11.3 Å². The van der Waals surface area contributed by atoms with E-state index < -0.39 is 0 Å². The van der Waals surface area contributed by atoms with Crippen LogP contribution >= 0.6 is 11.3 Å². The fraction of sp³-hybridized carbons (Fsp3) is 0.750. The van der Waals surface area contributed by atoms with Gasteiger partial charge >= 0.3 is 0 Å². The van der Waals surface area contributed by atoms with Gasteiger partial charge in [-0.25, -0.2) is 4.98 Å². The Balaban J connectivity index is 1.80. The molecule has 2 unspecified atom stereocenters. The van der Waals surface area contributed by atoms with Crippen molar-refractivity contribution in [3.63, 3.8) is 0 Å². The molecule has 4 nitrogen and oxygen atoms in total. The Morgan fingerprint density at radius 3 is 3.18 bits per heavy atom. The van der Waals surface area contributed by atoms with Crippen molar-refractivity contribution in [2.24, 2.45) is 0 Å². The summed E-state index contributed by atoms with van der Waals surface area (Å²) in [5.74, 6) is 0.